The molecule has 0 aliphatic rings. The quantitative estimate of drug-likeness (QED) is 0.830. The van der Waals surface area contributed by atoms with Crippen LogP contribution in [0.15, 0.2) is 36.5 Å². The van der Waals surface area contributed by atoms with Gasteiger partial charge >= 0.3 is 0 Å². The van der Waals surface area contributed by atoms with Gasteiger partial charge in [0, 0.05) is 37.3 Å². The van der Waals surface area contributed by atoms with Gasteiger partial charge in [0.15, 0.2) is 0 Å². The fraction of sp³-hybridized carbons (Fsp3) is 0.471. The third-order valence-electron chi connectivity index (χ3n) is 3.22. The van der Waals surface area contributed by atoms with E-state index in [1.165, 1.54) is 5.56 Å². The van der Waals surface area contributed by atoms with Crippen molar-refractivity contribution in [2.75, 3.05) is 13.2 Å². The maximum Gasteiger partial charge on any atom is 0.119 e. The van der Waals surface area contributed by atoms with Crippen LogP contribution < -0.4 is 10.1 Å². The molecule has 0 atom stereocenters. The van der Waals surface area contributed by atoms with E-state index in [1.54, 1.807) is 0 Å². The summed E-state index contributed by atoms with van der Waals surface area (Å²) in [5.41, 5.74) is 2.48. The summed E-state index contributed by atoms with van der Waals surface area (Å²) in [5, 5.41) is 7.99. The van der Waals surface area contributed by atoms with Crippen molar-refractivity contribution >= 4 is 0 Å². The lowest BCUT2D eigenvalue weighted by atomic mass is 9.89. The van der Waals surface area contributed by atoms with E-state index >= 15 is 0 Å². The zero-order valence-electron chi connectivity index (χ0n) is 13.4. The van der Waals surface area contributed by atoms with Crippen LogP contribution in [0.4, 0.5) is 0 Å². The summed E-state index contributed by atoms with van der Waals surface area (Å²) in [5.74, 6) is 0.913. The van der Waals surface area contributed by atoms with Crippen LogP contribution in [0.1, 0.15) is 32.0 Å². The van der Waals surface area contributed by atoms with Gasteiger partial charge in [-0.2, -0.15) is 5.10 Å². The van der Waals surface area contributed by atoms with Crippen LogP contribution in [0.25, 0.3) is 0 Å². The van der Waals surface area contributed by atoms with Crippen molar-refractivity contribution in [3.63, 3.8) is 0 Å². The largest absolute Gasteiger partial charge is 0.492 e. The lowest BCUT2D eigenvalue weighted by molar-refractivity contribution is 0.313. The first-order valence-electron chi connectivity index (χ1n) is 7.38. The topological polar surface area (TPSA) is 39.1 Å². The van der Waals surface area contributed by atoms with Gasteiger partial charge in [0.1, 0.15) is 12.4 Å². The van der Waals surface area contributed by atoms with Gasteiger partial charge in [0.25, 0.3) is 0 Å². The number of hydrogen-bond donors (Lipinski definition) is 1. The summed E-state index contributed by atoms with van der Waals surface area (Å²) in [7, 11) is 1.97. The molecule has 0 bridgehead atoms. The minimum absolute atomic E-state index is 0.0683. The number of aryl methyl sites for hydroxylation is 1. The molecule has 1 aromatic heterocycles. The Morgan fingerprint density at radius 3 is 2.57 bits per heavy atom. The Bertz CT molecular complexity index is 555. The first-order valence-corrected chi connectivity index (χ1v) is 7.38. The molecule has 0 aliphatic heterocycles. The molecule has 0 radical (unpaired) electrons. The lowest BCUT2D eigenvalue weighted by Gasteiger charge is -2.17. The summed E-state index contributed by atoms with van der Waals surface area (Å²) in [4.78, 5) is 0. The molecule has 1 N–H and O–H groups in total. The van der Waals surface area contributed by atoms with E-state index in [9.17, 15) is 0 Å². The molecule has 2 rings (SSSR count). The van der Waals surface area contributed by atoms with Crippen molar-refractivity contribution in [2.45, 2.75) is 32.7 Å². The fourth-order valence-electron chi connectivity index (χ4n) is 2.28. The molecule has 0 spiro atoms. The predicted octanol–water partition coefficient (Wildman–Crippen LogP) is 2.89. The van der Waals surface area contributed by atoms with Crippen molar-refractivity contribution in [3.05, 3.63) is 47.8 Å². The van der Waals surface area contributed by atoms with E-state index < -0.39 is 0 Å². The fourth-order valence-corrected chi connectivity index (χ4v) is 2.28. The van der Waals surface area contributed by atoms with Gasteiger partial charge in [0.2, 0.25) is 0 Å². The van der Waals surface area contributed by atoms with Gasteiger partial charge in [-0.25, -0.2) is 0 Å². The molecule has 0 amide bonds. The van der Waals surface area contributed by atoms with Gasteiger partial charge in [-0.05, 0) is 12.1 Å². The molecular weight excluding hydrogens is 262 g/mol. The number of aromatic nitrogens is 2. The zero-order chi connectivity index (χ0) is 15.3. The highest BCUT2D eigenvalue weighted by Crippen LogP contribution is 2.23. The zero-order valence-corrected chi connectivity index (χ0v) is 13.4. The average molecular weight is 287 g/mol. The highest BCUT2D eigenvalue weighted by atomic mass is 16.5. The van der Waals surface area contributed by atoms with Crippen LogP contribution in [0, 0.1) is 0 Å². The van der Waals surface area contributed by atoms with Crippen molar-refractivity contribution in [1.82, 2.24) is 15.1 Å². The van der Waals surface area contributed by atoms with Crippen LogP contribution in [0.3, 0.4) is 0 Å². The second kappa shape index (κ2) is 6.76. The Balaban J connectivity index is 1.79. The molecule has 2 aromatic rings. The molecule has 114 valence electrons. The number of rotatable bonds is 6. The Hall–Kier alpha value is -1.81. The SMILES string of the molecule is Cn1cc(CNCCOc2ccccc2)c(C(C)(C)C)n1. The summed E-state index contributed by atoms with van der Waals surface area (Å²) >= 11 is 0. The number of hydrogen-bond acceptors (Lipinski definition) is 3. The normalized spacial score (nSPS) is 11.6. The molecule has 0 aliphatic carbocycles. The first kappa shape index (κ1) is 15.6. The Morgan fingerprint density at radius 2 is 1.90 bits per heavy atom. The maximum absolute atomic E-state index is 5.66. The number of para-hydroxylation sites is 1. The molecule has 1 heterocycles. The lowest BCUT2D eigenvalue weighted by Crippen LogP contribution is -2.23. The molecule has 0 saturated heterocycles. The number of nitrogens with one attached hydrogen (secondary N) is 1. The molecule has 0 saturated carbocycles. The standard InChI is InChI=1S/C17H25N3O/c1-17(2,3)16-14(13-20(4)19-16)12-18-10-11-21-15-8-6-5-7-9-15/h5-9,13,18H,10-12H2,1-4H3. The highest BCUT2D eigenvalue weighted by molar-refractivity contribution is 5.24. The van der Waals surface area contributed by atoms with Crippen molar-refractivity contribution in [2.24, 2.45) is 7.05 Å². The van der Waals surface area contributed by atoms with Crippen LogP contribution in [0.2, 0.25) is 0 Å². The third-order valence-corrected chi connectivity index (χ3v) is 3.22. The van der Waals surface area contributed by atoms with Crippen LogP contribution in [-0.4, -0.2) is 22.9 Å². The maximum atomic E-state index is 5.66. The Labute approximate surface area is 127 Å². The second-order valence-electron chi connectivity index (χ2n) is 6.26. The molecule has 21 heavy (non-hydrogen) atoms. The molecule has 4 heteroatoms. The first-order chi connectivity index (χ1) is 9.97. The Morgan fingerprint density at radius 1 is 1.19 bits per heavy atom. The van der Waals surface area contributed by atoms with E-state index in [4.69, 9.17) is 4.74 Å². The van der Waals surface area contributed by atoms with Gasteiger partial charge in [-0.1, -0.05) is 39.0 Å². The highest BCUT2D eigenvalue weighted by Gasteiger charge is 2.21. The van der Waals surface area contributed by atoms with Crippen LogP contribution in [-0.2, 0) is 19.0 Å². The van der Waals surface area contributed by atoms with Gasteiger partial charge in [0.05, 0.1) is 5.69 Å². The molecule has 0 fully saturated rings. The molecule has 0 unspecified atom stereocenters. The summed E-state index contributed by atoms with van der Waals surface area (Å²) in [6, 6.07) is 9.89. The van der Waals surface area contributed by atoms with Crippen LogP contribution in [0.5, 0.6) is 5.75 Å². The van der Waals surface area contributed by atoms with Crippen molar-refractivity contribution in [1.29, 1.82) is 0 Å². The predicted molar refractivity (Wildman–Crippen MR) is 85.6 cm³/mol. The summed E-state index contributed by atoms with van der Waals surface area (Å²) in [6.45, 7) is 8.87. The van der Waals surface area contributed by atoms with Gasteiger partial charge in [-0.15, -0.1) is 0 Å². The smallest absolute Gasteiger partial charge is 0.119 e. The summed E-state index contributed by atoms with van der Waals surface area (Å²) < 4.78 is 7.55. The third kappa shape index (κ3) is 4.60. The van der Waals surface area contributed by atoms with E-state index in [2.05, 4.69) is 37.4 Å². The van der Waals surface area contributed by atoms with E-state index in [0.29, 0.717) is 6.61 Å². The van der Waals surface area contributed by atoms with E-state index in [-0.39, 0.29) is 5.41 Å². The van der Waals surface area contributed by atoms with Crippen molar-refractivity contribution < 1.29 is 4.74 Å². The molecule has 4 nitrogen and oxygen atoms in total. The minimum Gasteiger partial charge on any atom is -0.492 e. The van der Waals surface area contributed by atoms with E-state index in [1.807, 2.05) is 42.1 Å². The minimum atomic E-state index is 0.0683. The van der Waals surface area contributed by atoms with E-state index in [0.717, 1.165) is 24.5 Å². The average Bonchev–Trinajstić information content (AvgIpc) is 2.81. The van der Waals surface area contributed by atoms with Crippen molar-refractivity contribution in [3.8, 4) is 5.75 Å². The second-order valence-corrected chi connectivity index (χ2v) is 6.26. The van der Waals surface area contributed by atoms with Crippen LogP contribution >= 0.6 is 0 Å². The molecular formula is C17H25N3O. The van der Waals surface area contributed by atoms with Gasteiger partial charge in [-0.3, -0.25) is 4.68 Å². The number of benzene rings is 1. The number of ether oxygens (including phenoxy) is 1. The number of nitrogens with zero attached hydrogens (tertiary/aromatic N) is 2. The molecule has 1 aromatic carbocycles. The monoisotopic (exact) mass is 287 g/mol. The Kier molecular flexibility index (Phi) is 5.02. The van der Waals surface area contributed by atoms with Gasteiger partial charge < -0.3 is 10.1 Å². The summed E-state index contributed by atoms with van der Waals surface area (Å²) in [6.07, 6.45) is 2.09.